The molecule has 0 bridgehead atoms. The number of aliphatic hydroxyl groups excluding tert-OH is 1. The van der Waals surface area contributed by atoms with E-state index in [2.05, 4.69) is 0 Å². The van der Waals surface area contributed by atoms with Crippen LogP contribution in [0.25, 0.3) is 5.76 Å². The number of carbonyl (C=O) groups is 2. The smallest absolute Gasteiger partial charge is 0.295 e. The Balaban J connectivity index is 2.12. The Morgan fingerprint density at radius 3 is 2.35 bits per heavy atom. The molecule has 0 aromatic heterocycles. The number of para-hydroxylation sites is 1. The highest BCUT2D eigenvalue weighted by atomic mass is 16.5. The fourth-order valence-corrected chi connectivity index (χ4v) is 3.63. The molecule has 0 radical (unpaired) electrons. The zero-order valence-electron chi connectivity index (χ0n) is 18.1. The molecule has 7 heteroatoms. The Bertz CT molecular complexity index is 980. The molecule has 1 saturated heterocycles. The van der Waals surface area contributed by atoms with Crippen molar-refractivity contribution in [2.75, 3.05) is 27.4 Å². The lowest BCUT2D eigenvalue weighted by molar-refractivity contribution is -0.140. The number of methoxy groups -OCH3 is 2. The predicted molar refractivity (Wildman–Crippen MR) is 116 cm³/mol. The highest BCUT2D eigenvalue weighted by Gasteiger charge is 2.46. The van der Waals surface area contributed by atoms with E-state index in [4.69, 9.17) is 14.2 Å². The fraction of sp³-hybridized carbons (Fsp3) is 0.333. The van der Waals surface area contributed by atoms with Gasteiger partial charge in [0.25, 0.3) is 11.7 Å². The van der Waals surface area contributed by atoms with E-state index in [0.29, 0.717) is 22.6 Å². The summed E-state index contributed by atoms with van der Waals surface area (Å²) in [6, 6.07) is 13.1. The van der Waals surface area contributed by atoms with Crippen LogP contribution in [0.2, 0.25) is 0 Å². The van der Waals surface area contributed by atoms with Gasteiger partial charge in [0, 0.05) is 24.8 Å². The number of hydrogen-bond acceptors (Lipinski definition) is 6. The second-order valence-corrected chi connectivity index (χ2v) is 7.42. The van der Waals surface area contributed by atoms with Crippen LogP contribution in [-0.4, -0.2) is 55.2 Å². The van der Waals surface area contributed by atoms with Crippen LogP contribution < -0.4 is 9.47 Å². The number of hydrogen-bond donors (Lipinski definition) is 1. The van der Waals surface area contributed by atoms with Crippen LogP contribution in [0.4, 0.5) is 0 Å². The first-order chi connectivity index (χ1) is 14.9. The standard InChI is InChI=1S/C24H27NO6/c1-15(2)31-17-11-9-16(10-12-17)22(26)20-21(18-7-5-6-8-19(18)30-4)25(13-14-29-3)24(28)23(20)27/h5-12,15,21,26H,13-14H2,1-4H3/t21-/m0/s1. The minimum atomic E-state index is -0.794. The molecule has 0 saturated carbocycles. The van der Waals surface area contributed by atoms with Crippen LogP contribution in [0.15, 0.2) is 54.1 Å². The molecule has 1 aliphatic heterocycles. The lowest BCUT2D eigenvalue weighted by Crippen LogP contribution is -2.32. The first-order valence-corrected chi connectivity index (χ1v) is 10.1. The SMILES string of the molecule is COCCN1C(=O)C(=O)C(=C(O)c2ccc(OC(C)C)cc2)[C@@H]1c1ccccc1OC. The van der Waals surface area contributed by atoms with Gasteiger partial charge in [-0.15, -0.1) is 0 Å². The lowest BCUT2D eigenvalue weighted by atomic mass is 9.94. The maximum atomic E-state index is 13.0. The van der Waals surface area contributed by atoms with Gasteiger partial charge in [-0.3, -0.25) is 9.59 Å². The summed E-state index contributed by atoms with van der Waals surface area (Å²) in [4.78, 5) is 27.2. The zero-order chi connectivity index (χ0) is 22.5. The predicted octanol–water partition coefficient (Wildman–Crippen LogP) is 3.55. The van der Waals surface area contributed by atoms with Crippen molar-refractivity contribution < 1.29 is 28.9 Å². The molecule has 1 fully saturated rings. The van der Waals surface area contributed by atoms with Crippen LogP contribution in [0.5, 0.6) is 11.5 Å². The van der Waals surface area contributed by atoms with Crippen LogP contribution >= 0.6 is 0 Å². The fourth-order valence-electron chi connectivity index (χ4n) is 3.63. The normalized spacial score (nSPS) is 18.0. The number of rotatable bonds is 8. The molecule has 1 N–H and O–H groups in total. The van der Waals surface area contributed by atoms with Gasteiger partial charge in [0.05, 0.1) is 31.4 Å². The van der Waals surface area contributed by atoms with Gasteiger partial charge in [0.15, 0.2) is 0 Å². The van der Waals surface area contributed by atoms with Gasteiger partial charge in [0.2, 0.25) is 0 Å². The van der Waals surface area contributed by atoms with Gasteiger partial charge in [0.1, 0.15) is 17.3 Å². The van der Waals surface area contributed by atoms with Crippen LogP contribution in [0.3, 0.4) is 0 Å². The molecule has 0 aliphatic carbocycles. The van der Waals surface area contributed by atoms with Gasteiger partial charge in [-0.05, 0) is 44.2 Å². The minimum absolute atomic E-state index is 0.0103. The molecule has 164 valence electrons. The molecule has 1 aliphatic rings. The number of benzene rings is 2. The van der Waals surface area contributed by atoms with E-state index >= 15 is 0 Å². The molecule has 0 unspecified atom stereocenters. The lowest BCUT2D eigenvalue weighted by Gasteiger charge is -2.26. The molecule has 1 atom stereocenters. The van der Waals surface area contributed by atoms with Gasteiger partial charge in [-0.25, -0.2) is 0 Å². The maximum Gasteiger partial charge on any atom is 0.295 e. The average molecular weight is 425 g/mol. The molecular weight excluding hydrogens is 398 g/mol. The molecule has 1 heterocycles. The minimum Gasteiger partial charge on any atom is -0.507 e. The van der Waals surface area contributed by atoms with Crippen LogP contribution in [-0.2, 0) is 14.3 Å². The Kier molecular flexibility index (Phi) is 6.97. The number of ether oxygens (including phenoxy) is 3. The molecular formula is C24H27NO6. The third kappa shape index (κ3) is 4.56. The summed E-state index contributed by atoms with van der Waals surface area (Å²) >= 11 is 0. The van der Waals surface area contributed by atoms with Crippen molar-refractivity contribution in [3.05, 3.63) is 65.2 Å². The van der Waals surface area contributed by atoms with E-state index in [0.717, 1.165) is 0 Å². The quantitative estimate of drug-likeness (QED) is 0.396. The Morgan fingerprint density at radius 1 is 1.06 bits per heavy atom. The summed E-state index contributed by atoms with van der Waals surface area (Å²) in [7, 11) is 3.04. The van der Waals surface area contributed by atoms with Crippen molar-refractivity contribution in [3.8, 4) is 11.5 Å². The second kappa shape index (κ2) is 9.66. The van der Waals surface area contributed by atoms with Crippen molar-refractivity contribution >= 4 is 17.4 Å². The number of carbonyl (C=O) groups excluding carboxylic acids is 2. The van der Waals surface area contributed by atoms with Gasteiger partial charge >= 0.3 is 0 Å². The van der Waals surface area contributed by atoms with E-state index in [1.54, 1.807) is 48.5 Å². The maximum absolute atomic E-state index is 13.0. The van der Waals surface area contributed by atoms with Crippen molar-refractivity contribution in [1.82, 2.24) is 4.90 Å². The first-order valence-electron chi connectivity index (χ1n) is 10.1. The average Bonchev–Trinajstić information content (AvgIpc) is 3.01. The summed E-state index contributed by atoms with van der Waals surface area (Å²) in [6.07, 6.45) is 0.0103. The van der Waals surface area contributed by atoms with Crippen LogP contribution in [0.1, 0.15) is 31.0 Å². The summed E-state index contributed by atoms with van der Waals surface area (Å²) in [5.41, 5.74) is 1.05. The summed E-state index contributed by atoms with van der Waals surface area (Å²) in [5, 5.41) is 11.1. The third-order valence-corrected chi connectivity index (χ3v) is 5.01. The second-order valence-electron chi connectivity index (χ2n) is 7.42. The van der Waals surface area contributed by atoms with E-state index in [9.17, 15) is 14.7 Å². The third-order valence-electron chi connectivity index (χ3n) is 5.01. The van der Waals surface area contributed by atoms with Gasteiger partial charge in [-0.2, -0.15) is 0 Å². The van der Waals surface area contributed by atoms with Gasteiger partial charge in [-0.1, -0.05) is 18.2 Å². The molecule has 2 aromatic rings. The molecule has 3 rings (SSSR count). The van der Waals surface area contributed by atoms with E-state index in [1.165, 1.54) is 19.1 Å². The molecule has 31 heavy (non-hydrogen) atoms. The summed E-state index contributed by atoms with van der Waals surface area (Å²) < 4.78 is 16.2. The van der Waals surface area contributed by atoms with Crippen LogP contribution in [0, 0.1) is 0 Å². The van der Waals surface area contributed by atoms with E-state index in [1.807, 2.05) is 13.8 Å². The van der Waals surface area contributed by atoms with Crippen molar-refractivity contribution in [1.29, 1.82) is 0 Å². The highest BCUT2D eigenvalue weighted by molar-refractivity contribution is 6.46. The van der Waals surface area contributed by atoms with Gasteiger partial charge < -0.3 is 24.2 Å². The van der Waals surface area contributed by atoms with Crippen molar-refractivity contribution in [3.63, 3.8) is 0 Å². The summed E-state index contributed by atoms with van der Waals surface area (Å²) in [5.74, 6) is -0.511. The van der Waals surface area contributed by atoms with Crippen molar-refractivity contribution in [2.24, 2.45) is 0 Å². The zero-order valence-corrected chi connectivity index (χ0v) is 18.1. The monoisotopic (exact) mass is 425 g/mol. The van der Waals surface area contributed by atoms with E-state index < -0.39 is 17.7 Å². The number of likely N-dealkylation sites (tertiary alicyclic amines) is 1. The first kappa shape index (κ1) is 22.4. The molecule has 7 nitrogen and oxygen atoms in total. The summed E-state index contributed by atoms with van der Waals surface area (Å²) in [6.45, 7) is 4.28. The molecule has 0 spiro atoms. The molecule has 2 aromatic carbocycles. The number of ketones is 1. The largest absolute Gasteiger partial charge is 0.507 e. The topological polar surface area (TPSA) is 85.3 Å². The number of amides is 1. The Labute approximate surface area is 181 Å². The highest BCUT2D eigenvalue weighted by Crippen LogP contribution is 2.42. The number of Topliss-reactive ketones (excluding diaryl/α,β-unsaturated/α-hetero) is 1. The van der Waals surface area contributed by atoms with Crippen molar-refractivity contribution in [2.45, 2.75) is 26.0 Å². The Hall–Kier alpha value is -3.32. The Morgan fingerprint density at radius 2 is 1.74 bits per heavy atom. The molecule has 1 amide bonds. The number of nitrogens with zero attached hydrogens (tertiary/aromatic N) is 1. The number of aliphatic hydroxyl groups is 1. The van der Waals surface area contributed by atoms with E-state index in [-0.39, 0.29) is 30.6 Å².